The molecule has 0 spiro atoms. The summed E-state index contributed by atoms with van der Waals surface area (Å²) < 4.78 is 299. The number of hydrogen-bond donors (Lipinski definition) is 0. The standard InChI is InChI=1S/C46H51N2.C24BF20.CH2Cl2/c1-31(2)39-21-15-22-40(32(3)4)44(39)47-29-30-48(45-41(33(5)6)23-16-24-42(45)34(7)8)46(47)38-27-25-37(26-28-38)43(35-17-11-9-12-18-35)36-19-13-10-14-20-36;26-5-1(6(27)14(35)21(42)13(5)34)25(2-7(28)15(36)22(43)16(37)8(2)29,3-9(30)17(38)23(44)18(39)10(3)31)4-11(32)19(40)24(45)20(41)12(4)33;2-1-3/h9-34,38H,1-8H3;;1H2/q+1;-1;. The third-order valence-electron chi connectivity index (χ3n) is 16.4. The molecule has 0 aliphatic heterocycles. The van der Waals surface area contributed by atoms with Crippen molar-refractivity contribution in [1.29, 1.82) is 0 Å². The Labute approximate surface area is 548 Å². The van der Waals surface area contributed by atoms with Gasteiger partial charge in [-0.1, -0.05) is 177 Å². The molecule has 0 radical (unpaired) electrons. The second kappa shape index (κ2) is 29.4. The molecule has 0 fully saturated rings. The lowest BCUT2D eigenvalue weighted by Crippen LogP contribution is -2.81. The Morgan fingerprint density at radius 3 is 0.906 bits per heavy atom. The monoisotopic (exact) mass is 1390 g/mol. The van der Waals surface area contributed by atoms with Crippen LogP contribution in [0.1, 0.15) is 124 Å². The van der Waals surface area contributed by atoms with Gasteiger partial charge < -0.3 is 0 Å². The minimum absolute atomic E-state index is 0.0667. The molecule has 0 N–H and O–H groups in total. The van der Waals surface area contributed by atoms with Crippen LogP contribution in [0.5, 0.6) is 0 Å². The number of nitrogens with zero attached hydrogens (tertiary/aromatic N) is 2. The molecular weight excluding hydrogens is 1340 g/mol. The molecule has 0 saturated carbocycles. The fraction of sp³-hybridized carbons (Fsp3) is 0.197. The Balaban J connectivity index is 0.000000237. The highest BCUT2D eigenvalue weighted by Gasteiger charge is 2.52. The molecule has 96 heavy (non-hydrogen) atoms. The SMILES string of the molecule is CC(C)c1cccc(C(C)C)c1-n1cc[n+](-c2c(C(C)C)cccc2C(C)C)c1C1C=CC(=C(c2ccccc2)c2ccccc2)C=C1.ClCCl.Fc1c(F)c(F)c([B-](c2c(F)c(F)c(F)c(F)c2F)(c2c(F)c(F)c(F)c(F)c2F)c2c(F)c(F)c(F)c(F)c2F)c(F)c1F. The molecule has 504 valence electrons. The zero-order valence-corrected chi connectivity index (χ0v) is 53.1. The van der Waals surface area contributed by atoms with E-state index in [9.17, 15) is 52.7 Å². The Morgan fingerprint density at radius 1 is 0.375 bits per heavy atom. The summed E-state index contributed by atoms with van der Waals surface area (Å²) in [5.41, 5.74) is -1.23. The average molecular weight is 1400 g/mol. The zero-order valence-electron chi connectivity index (χ0n) is 51.6. The molecule has 0 saturated heterocycles. The molecule has 1 aromatic heterocycles. The highest BCUT2D eigenvalue weighted by Crippen LogP contribution is 2.39. The van der Waals surface area contributed by atoms with Gasteiger partial charge in [0.25, 0.3) is 5.82 Å². The third kappa shape index (κ3) is 12.8. The lowest BCUT2D eigenvalue weighted by Gasteiger charge is -2.44. The summed E-state index contributed by atoms with van der Waals surface area (Å²) in [5.74, 6) is -68.5. The number of imidazole rings is 1. The van der Waals surface area contributed by atoms with Crippen LogP contribution >= 0.6 is 23.2 Å². The summed E-state index contributed by atoms with van der Waals surface area (Å²) in [6.07, 6.45) is 6.92. The number of hydrogen-bond acceptors (Lipinski definition) is 0. The number of halogens is 22. The second-order valence-electron chi connectivity index (χ2n) is 23.3. The van der Waals surface area contributed by atoms with Gasteiger partial charge in [0.1, 0.15) is 76.5 Å². The summed E-state index contributed by atoms with van der Waals surface area (Å²) in [6, 6.07) is 35.3. The second-order valence-corrected chi connectivity index (χ2v) is 24.1. The number of aromatic nitrogens is 2. The molecule has 10 rings (SSSR count). The maximum absolute atomic E-state index is 15.4. The van der Waals surface area contributed by atoms with Crippen molar-refractivity contribution >= 4 is 56.8 Å². The molecule has 1 heterocycles. The van der Waals surface area contributed by atoms with Crippen molar-refractivity contribution in [2.75, 3.05) is 5.34 Å². The minimum atomic E-state index is -7.22. The molecule has 0 unspecified atom stereocenters. The van der Waals surface area contributed by atoms with Crippen molar-refractivity contribution in [2.45, 2.75) is 85.0 Å². The third-order valence-corrected chi connectivity index (χ3v) is 16.4. The lowest BCUT2D eigenvalue weighted by atomic mass is 9.12. The van der Waals surface area contributed by atoms with Crippen LogP contribution < -0.4 is 26.4 Å². The quantitative estimate of drug-likeness (QED) is 0.0272. The smallest absolute Gasteiger partial charge is 0.207 e. The zero-order chi connectivity index (χ0) is 71.0. The Bertz CT molecular complexity index is 3980. The first-order valence-electron chi connectivity index (χ1n) is 29.2. The van der Waals surface area contributed by atoms with Crippen molar-refractivity contribution < 1.29 is 92.4 Å². The van der Waals surface area contributed by atoms with E-state index in [0.717, 1.165) is 0 Å². The van der Waals surface area contributed by atoms with Crippen LogP contribution in [-0.2, 0) is 0 Å². The van der Waals surface area contributed by atoms with Crippen LogP contribution in [0.4, 0.5) is 87.8 Å². The van der Waals surface area contributed by atoms with E-state index in [-0.39, 0.29) is 11.3 Å². The van der Waals surface area contributed by atoms with Crippen molar-refractivity contribution in [3.8, 4) is 11.4 Å². The van der Waals surface area contributed by atoms with E-state index in [0.29, 0.717) is 23.7 Å². The first-order chi connectivity index (χ1) is 45.3. The fourth-order valence-corrected chi connectivity index (χ4v) is 12.1. The van der Waals surface area contributed by atoms with Crippen LogP contribution in [0.15, 0.2) is 139 Å². The predicted molar refractivity (Wildman–Crippen MR) is 329 cm³/mol. The summed E-state index contributed by atoms with van der Waals surface area (Å²) in [4.78, 5) is 0. The molecule has 1 aliphatic carbocycles. The molecule has 0 amide bonds. The number of benzene rings is 8. The van der Waals surface area contributed by atoms with Gasteiger partial charge in [0, 0.05) is 22.3 Å². The molecular formula is C71H53BCl2F20N2. The molecule has 0 bridgehead atoms. The lowest BCUT2D eigenvalue weighted by molar-refractivity contribution is -0.605. The predicted octanol–water partition coefficient (Wildman–Crippen LogP) is 19.2. The van der Waals surface area contributed by atoms with E-state index < -0.39 is 144 Å². The van der Waals surface area contributed by atoms with Crippen LogP contribution in [0.3, 0.4) is 0 Å². The first kappa shape index (κ1) is 73.2. The van der Waals surface area contributed by atoms with Gasteiger partial charge in [0.05, 0.1) is 11.3 Å². The Morgan fingerprint density at radius 2 is 0.635 bits per heavy atom. The van der Waals surface area contributed by atoms with Gasteiger partial charge in [-0.15, -0.1) is 45.1 Å². The Kier molecular flexibility index (Phi) is 22.4. The largest absolute Gasteiger partial charge is 0.277 e. The van der Waals surface area contributed by atoms with Gasteiger partial charge in [-0.2, -0.15) is 9.13 Å². The topological polar surface area (TPSA) is 8.81 Å². The average Bonchev–Trinajstić information content (AvgIpc) is 0.784. The van der Waals surface area contributed by atoms with Gasteiger partial charge >= 0.3 is 0 Å². The summed E-state index contributed by atoms with van der Waals surface area (Å²) in [5, 5.41) is 0.194. The van der Waals surface area contributed by atoms with E-state index in [2.05, 4.69) is 198 Å². The van der Waals surface area contributed by atoms with E-state index in [4.69, 9.17) is 23.2 Å². The van der Waals surface area contributed by atoms with Crippen LogP contribution in [0.2, 0.25) is 0 Å². The Hall–Kier alpha value is -8.57. The van der Waals surface area contributed by atoms with E-state index in [1.807, 2.05) is 0 Å². The molecule has 8 aromatic carbocycles. The molecule has 2 nitrogen and oxygen atoms in total. The van der Waals surface area contributed by atoms with Crippen LogP contribution in [0, 0.1) is 116 Å². The van der Waals surface area contributed by atoms with E-state index in [1.54, 1.807) is 0 Å². The normalized spacial score (nSPS) is 13.1. The molecule has 0 atom stereocenters. The van der Waals surface area contributed by atoms with Gasteiger partial charge in [-0.25, -0.2) is 87.8 Å². The number of para-hydroxylation sites is 2. The maximum atomic E-state index is 15.4. The summed E-state index contributed by atoms with van der Waals surface area (Å²) in [6.45, 7) is 18.5. The van der Waals surface area contributed by atoms with Gasteiger partial charge in [-0.3, -0.25) is 0 Å². The van der Waals surface area contributed by atoms with Gasteiger partial charge in [0.15, 0.2) is 69.8 Å². The van der Waals surface area contributed by atoms with Gasteiger partial charge in [0.2, 0.25) is 0 Å². The highest BCUT2D eigenvalue weighted by molar-refractivity contribution is 7.20. The first-order valence-corrected chi connectivity index (χ1v) is 30.3. The van der Waals surface area contributed by atoms with E-state index >= 15 is 35.1 Å². The van der Waals surface area contributed by atoms with Crippen LogP contribution in [-0.4, -0.2) is 16.1 Å². The number of allylic oxidation sites excluding steroid dienone is 5. The van der Waals surface area contributed by atoms with Crippen molar-refractivity contribution in [3.63, 3.8) is 0 Å². The van der Waals surface area contributed by atoms with Gasteiger partial charge in [-0.05, 0) is 45.9 Å². The summed E-state index contributed by atoms with van der Waals surface area (Å²) in [7, 11) is 0. The number of alkyl halides is 2. The molecule has 9 aromatic rings. The van der Waals surface area contributed by atoms with Crippen LogP contribution in [0.25, 0.3) is 16.9 Å². The maximum Gasteiger partial charge on any atom is 0.277 e. The summed E-state index contributed by atoms with van der Waals surface area (Å²) >= 11 is 9.53. The minimum Gasteiger partial charge on any atom is -0.207 e. The molecule has 1 aliphatic rings. The highest BCUT2D eigenvalue weighted by atomic mass is 35.5. The van der Waals surface area contributed by atoms with E-state index in [1.165, 1.54) is 61.7 Å². The fourth-order valence-electron chi connectivity index (χ4n) is 12.1. The van der Waals surface area contributed by atoms with Crippen molar-refractivity contribution in [1.82, 2.24) is 4.57 Å². The van der Waals surface area contributed by atoms with Crippen molar-refractivity contribution in [3.05, 3.63) is 295 Å². The van der Waals surface area contributed by atoms with Crippen molar-refractivity contribution in [2.24, 2.45) is 0 Å². The number of rotatable bonds is 13. The molecule has 25 heteroatoms.